The molecular weight excluding hydrogens is 344 g/mol. The molecule has 0 bridgehead atoms. The number of nitrogens with one attached hydrogen (secondary N) is 3. The first-order valence-electron chi connectivity index (χ1n) is 10.5. The summed E-state index contributed by atoms with van der Waals surface area (Å²) in [5, 5.41) is 10.9. The van der Waals surface area contributed by atoms with E-state index in [2.05, 4.69) is 104 Å². The molecule has 28 heavy (non-hydrogen) atoms. The van der Waals surface area contributed by atoms with Crippen LogP contribution >= 0.6 is 0 Å². The maximum atomic E-state index is 4.73. The van der Waals surface area contributed by atoms with Gasteiger partial charge in [-0.3, -0.25) is 4.99 Å². The molecule has 2 aromatic rings. The molecule has 0 aliphatic carbocycles. The Labute approximate surface area is 169 Å². The number of guanidine groups is 1. The van der Waals surface area contributed by atoms with E-state index in [4.69, 9.17) is 4.99 Å². The van der Waals surface area contributed by atoms with Crippen molar-refractivity contribution in [3.63, 3.8) is 0 Å². The lowest BCUT2D eigenvalue weighted by Gasteiger charge is -2.25. The van der Waals surface area contributed by atoms with Crippen molar-refractivity contribution in [3.05, 3.63) is 71.8 Å². The van der Waals surface area contributed by atoms with Crippen LogP contribution in [0.15, 0.2) is 65.7 Å². The zero-order valence-electron chi connectivity index (χ0n) is 17.5. The number of benzene rings is 2. The van der Waals surface area contributed by atoms with E-state index < -0.39 is 0 Å². The Kier molecular flexibility index (Phi) is 7.10. The van der Waals surface area contributed by atoms with Crippen LogP contribution in [0.2, 0.25) is 0 Å². The summed E-state index contributed by atoms with van der Waals surface area (Å²) in [6.45, 7) is 9.46. The Balaban J connectivity index is 1.76. The largest absolute Gasteiger partial charge is 0.354 e. The molecule has 1 aliphatic heterocycles. The monoisotopic (exact) mass is 378 g/mol. The van der Waals surface area contributed by atoms with E-state index in [1.54, 1.807) is 0 Å². The smallest absolute Gasteiger partial charge is 0.191 e. The molecule has 1 saturated heterocycles. The molecular formula is C24H34N4. The summed E-state index contributed by atoms with van der Waals surface area (Å²) in [6, 6.07) is 23.1. The molecule has 1 heterocycles. The molecule has 0 spiro atoms. The van der Waals surface area contributed by atoms with Crippen molar-refractivity contribution in [1.29, 1.82) is 0 Å². The van der Waals surface area contributed by atoms with Gasteiger partial charge in [-0.1, -0.05) is 60.7 Å². The second-order valence-corrected chi connectivity index (χ2v) is 8.26. The van der Waals surface area contributed by atoms with Crippen LogP contribution in [-0.4, -0.2) is 36.7 Å². The van der Waals surface area contributed by atoms with Crippen molar-refractivity contribution in [2.45, 2.75) is 64.2 Å². The summed E-state index contributed by atoms with van der Waals surface area (Å²) in [4.78, 5) is 4.73. The van der Waals surface area contributed by atoms with Gasteiger partial charge < -0.3 is 16.0 Å². The minimum Gasteiger partial charge on any atom is -0.354 e. The standard InChI is InChI=1S/C24H34N4/c1-17(2)26-24(27-18(3)4)28-21-15-22(25-16-21)23(19-11-7-5-8-12-19)20-13-9-6-10-14-20/h5-14,17-18,21-23,25H,15-16H2,1-4H3,(H2,26,27,28)/t21-,22?/m0/s1. The maximum absolute atomic E-state index is 4.73. The van der Waals surface area contributed by atoms with Gasteiger partial charge in [-0.15, -0.1) is 0 Å². The van der Waals surface area contributed by atoms with Crippen molar-refractivity contribution in [3.8, 4) is 0 Å². The molecule has 2 aromatic carbocycles. The predicted molar refractivity (Wildman–Crippen MR) is 119 cm³/mol. The highest BCUT2D eigenvalue weighted by atomic mass is 15.2. The highest BCUT2D eigenvalue weighted by molar-refractivity contribution is 5.80. The van der Waals surface area contributed by atoms with Crippen LogP contribution in [0, 0.1) is 0 Å². The molecule has 1 fully saturated rings. The van der Waals surface area contributed by atoms with E-state index in [-0.39, 0.29) is 6.04 Å². The van der Waals surface area contributed by atoms with Gasteiger partial charge in [-0.2, -0.15) is 0 Å². The highest BCUT2D eigenvalue weighted by Crippen LogP contribution is 2.32. The van der Waals surface area contributed by atoms with Gasteiger partial charge in [-0.05, 0) is 45.2 Å². The summed E-state index contributed by atoms with van der Waals surface area (Å²) >= 11 is 0. The van der Waals surface area contributed by atoms with Gasteiger partial charge in [0, 0.05) is 36.6 Å². The topological polar surface area (TPSA) is 48.5 Å². The first kappa shape index (κ1) is 20.4. The van der Waals surface area contributed by atoms with E-state index >= 15 is 0 Å². The van der Waals surface area contributed by atoms with Crippen LogP contribution < -0.4 is 16.0 Å². The molecule has 0 amide bonds. The third-order valence-corrected chi connectivity index (χ3v) is 5.04. The normalized spacial score (nSPS) is 20.2. The van der Waals surface area contributed by atoms with Gasteiger partial charge in [-0.25, -0.2) is 0 Å². The van der Waals surface area contributed by atoms with Gasteiger partial charge in [0.25, 0.3) is 0 Å². The van der Waals surface area contributed by atoms with Gasteiger partial charge in [0.2, 0.25) is 0 Å². The molecule has 1 aliphatic rings. The zero-order chi connectivity index (χ0) is 19.9. The molecule has 3 N–H and O–H groups in total. The van der Waals surface area contributed by atoms with Crippen molar-refractivity contribution in [2.24, 2.45) is 4.99 Å². The van der Waals surface area contributed by atoms with E-state index in [0.29, 0.717) is 24.0 Å². The Morgan fingerprint density at radius 2 is 1.50 bits per heavy atom. The van der Waals surface area contributed by atoms with Crippen molar-refractivity contribution in [2.75, 3.05) is 6.54 Å². The molecule has 4 nitrogen and oxygen atoms in total. The fourth-order valence-electron chi connectivity index (χ4n) is 3.95. The minimum atomic E-state index is 0.264. The number of nitrogens with zero attached hydrogens (tertiary/aromatic N) is 1. The first-order valence-corrected chi connectivity index (χ1v) is 10.5. The fraction of sp³-hybridized carbons (Fsp3) is 0.458. The Bertz CT molecular complexity index is 700. The van der Waals surface area contributed by atoms with Crippen molar-refractivity contribution >= 4 is 5.96 Å². The van der Waals surface area contributed by atoms with Crippen molar-refractivity contribution in [1.82, 2.24) is 16.0 Å². The highest BCUT2D eigenvalue weighted by Gasteiger charge is 2.32. The molecule has 3 rings (SSSR count). The second-order valence-electron chi connectivity index (χ2n) is 8.26. The van der Waals surface area contributed by atoms with Gasteiger partial charge in [0.15, 0.2) is 5.96 Å². The van der Waals surface area contributed by atoms with Gasteiger partial charge >= 0.3 is 0 Å². The van der Waals surface area contributed by atoms with Crippen LogP contribution in [0.1, 0.15) is 51.2 Å². The first-order chi connectivity index (χ1) is 13.5. The number of rotatable bonds is 6. The van der Waals surface area contributed by atoms with Gasteiger partial charge in [0.1, 0.15) is 0 Å². The molecule has 0 saturated carbocycles. The lowest BCUT2D eigenvalue weighted by atomic mass is 9.84. The summed E-state index contributed by atoms with van der Waals surface area (Å²) in [5.41, 5.74) is 2.73. The van der Waals surface area contributed by atoms with Gasteiger partial charge in [0.05, 0.1) is 0 Å². The summed E-state index contributed by atoms with van der Waals surface area (Å²) in [6.07, 6.45) is 1.06. The summed E-state index contributed by atoms with van der Waals surface area (Å²) in [5.74, 6) is 1.26. The van der Waals surface area contributed by atoms with Crippen molar-refractivity contribution < 1.29 is 0 Å². The van der Waals surface area contributed by atoms with E-state index in [9.17, 15) is 0 Å². The van der Waals surface area contributed by atoms with Crippen LogP contribution in [0.25, 0.3) is 0 Å². The molecule has 2 atom stereocenters. The molecule has 0 radical (unpaired) electrons. The Hall–Kier alpha value is -2.33. The quantitative estimate of drug-likeness (QED) is 0.528. The lowest BCUT2D eigenvalue weighted by molar-refractivity contribution is 0.528. The predicted octanol–water partition coefficient (Wildman–Crippen LogP) is 3.90. The number of aliphatic imine (C=N–C) groups is 1. The third-order valence-electron chi connectivity index (χ3n) is 5.04. The zero-order valence-corrected chi connectivity index (χ0v) is 17.5. The molecule has 1 unspecified atom stereocenters. The average molecular weight is 379 g/mol. The average Bonchev–Trinajstić information content (AvgIpc) is 3.10. The molecule has 0 aromatic heterocycles. The Morgan fingerprint density at radius 1 is 0.929 bits per heavy atom. The van der Waals surface area contributed by atoms with E-state index in [1.807, 2.05) is 0 Å². The number of hydrogen-bond acceptors (Lipinski definition) is 2. The molecule has 4 heteroatoms. The van der Waals surface area contributed by atoms with Crippen LogP contribution in [0.5, 0.6) is 0 Å². The minimum absolute atomic E-state index is 0.264. The number of hydrogen-bond donors (Lipinski definition) is 3. The Morgan fingerprint density at radius 3 is 2.00 bits per heavy atom. The summed E-state index contributed by atoms with van der Waals surface area (Å²) < 4.78 is 0. The maximum Gasteiger partial charge on any atom is 0.191 e. The van der Waals surface area contributed by atoms with Crippen LogP contribution in [-0.2, 0) is 0 Å². The molecule has 150 valence electrons. The second kappa shape index (κ2) is 9.74. The SMILES string of the molecule is CC(C)/N=C(\NC(C)C)N[C@@H]1CNC(C(c2ccccc2)c2ccccc2)C1. The van der Waals surface area contributed by atoms with E-state index in [0.717, 1.165) is 18.9 Å². The third kappa shape index (κ3) is 5.59. The summed E-state index contributed by atoms with van der Waals surface area (Å²) in [7, 11) is 0. The van der Waals surface area contributed by atoms with E-state index in [1.165, 1.54) is 11.1 Å². The van der Waals surface area contributed by atoms with Crippen LogP contribution in [0.4, 0.5) is 0 Å². The fourth-order valence-corrected chi connectivity index (χ4v) is 3.95. The van der Waals surface area contributed by atoms with Crippen LogP contribution in [0.3, 0.4) is 0 Å². The lowest BCUT2D eigenvalue weighted by Crippen LogP contribution is -2.47.